The molecule has 1 aromatic carbocycles. The van der Waals surface area contributed by atoms with Gasteiger partial charge >= 0.3 is 0 Å². The van der Waals surface area contributed by atoms with Crippen LogP contribution in [0, 0.1) is 11.3 Å². The number of benzene rings is 1. The van der Waals surface area contributed by atoms with Gasteiger partial charge in [0.2, 0.25) is 10.0 Å². The number of fused-ring (bicyclic) bond motifs is 1. The Bertz CT molecular complexity index is 790. The molecule has 0 bridgehead atoms. The first-order valence-corrected chi connectivity index (χ1v) is 8.01. The van der Waals surface area contributed by atoms with E-state index in [0.717, 1.165) is 21.6 Å². The number of nitrogens with two attached hydrogens (primary N) is 1. The number of hydrogen-bond acceptors (Lipinski definition) is 4. The van der Waals surface area contributed by atoms with Crippen LogP contribution in [0.5, 0.6) is 0 Å². The third-order valence-corrected chi connectivity index (χ3v) is 5.08. The van der Waals surface area contributed by atoms with Crippen LogP contribution in [0.2, 0.25) is 0 Å². The molecule has 0 aliphatic rings. The summed E-state index contributed by atoms with van der Waals surface area (Å²) < 4.78 is 24.0. The van der Waals surface area contributed by atoms with Crippen molar-refractivity contribution in [3.05, 3.63) is 28.6 Å². The molecule has 0 fully saturated rings. The number of nitrogens with zero attached hydrogens (tertiary/aromatic N) is 1. The summed E-state index contributed by atoms with van der Waals surface area (Å²) in [5, 5.41) is 14.8. The van der Waals surface area contributed by atoms with Gasteiger partial charge in [-0.15, -0.1) is 11.3 Å². The third kappa shape index (κ3) is 2.50. The molecule has 2 aromatic rings. The number of rotatable bonds is 1. The standard InChI is InChI=1S/C13H14N2O2S2/c1-13(2,3)8-4-5-9-10(6-8)18-11(7-14)12(9)19(15,16)17/h4-6H,1-3H3,(H2,15,16,17). The molecule has 2 N–H and O–H groups in total. The van der Waals surface area contributed by atoms with Crippen molar-refractivity contribution in [2.45, 2.75) is 31.1 Å². The van der Waals surface area contributed by atoms with Crippen molar-refractivity contribution in [3.8, 4) is 6.07 Å². The molecule has 0 amide bonds. The van der Waals surface area contributed by atoms with Crippen LogP contribution in [0.1, 0.15) is 31.2 Å². The average molecular weight is 294 g/mol. The van der Waals surface area contributed by atoms with E-state index in [1.165, 1.54) is 0 Å². The highest BCUT2D eigenvalue weighted by molar-refractivity contribution is 7.89. The lowest BCUT2D eigenvalue weighted by Gasteiger charge is -2.18. The quantitative estimate of drug-likeness (QED) is 0.877. The molecule has 0 radical (unpaired) electrons. The van der Waals surface area contributed by atoms with Crippen molar-refractivity contribution in [2.75, 3.05) is 0 Å². The molecule has 0 aliphatic heterocycles. The van der Waals surface area contributed by atoms with Crippen LogP contribution in [0.4, 0.5) is 0 Å². The van der Waals surface area contributed by atoms with Crippen LogP contribution in [0.15, 0.2) is 23.1 Å². The van der Waals surface area contributed by atoms with Crippen molar-refractivity contribution in [1.29, 1.82) is 5.26 Å². The lowest BCUT2D eigenvalue weighted by Crippen LogP contribution is -2.13. The summed E-state index contributed by atoms with van der Waals surface area (Å²) in [7, 11) is -3.89. The van der Waals surface area contributed by atoms with E-state index in [-0.39, 0.29) is 15.2 Å². The Morgan fingerprint density at radius 1 is 1.32 bits per heavy atom. The zero-order chi connectivity index (χ0) is 14.4. The van der Waals surface area contributed by atoms with E-state index in [0.29, 0.717) is 5.39 Å². The van der Waals surface area contributed by atoms with Crippen molar-refractivity contribution < 1.29 is 8.42 Å². The summed E-state index contributed by atoms with van der Waals surface area (Å²) in [6.45, 7) is 6.23. The second kappa shape index (κ2) is 4.30. The van der Waals surface area contributed by atoms with Gasteiger partial charge in [0.1, 0.15) is 15.8 Å². The maximum absolute atomic E-state index is 11.6. The Morgan fingerprint density at radius 2 is 1.95 bits per heavy atom. The fraction of sp³-hybridized carbons (Fsp3) is 0.308. The largest absolute Gasteiger partial charge is 0.240 e. The predicted molar refractivity (Wildman–Crippen MR) is 76.6 cm³/mol. The van der Waals surface area contributed by atoms with Gasteiger partial charge in [-0.05, 0) is 17.0 Å². The van der Waals surface area contributed by atoms with Crippen LogP contribution in [0.25, 0.3) is 10.1 Å². The lowest BCUT2D eigenvalue weighted by atomic mass is 9.87. The van der Waals surface area contributed by atoms with E-state index < -0.39 is 10.0 Å². The maximum atomic E-state index is 11.6. The molecular weight excluding hydrogens is 280 g/mol. The van der Waals surface area contributed by atoms with Crippen molar-refractivity contribution >= 4 is 31.4 Å². The van der Waals surface area contributed by atoms with Gasteiger partial charge in [0.25, 0.3) is 0 Å². The molecule has 100 valence electrons. The highest BCUT2D eigenvalue weighted by atomic mass is 32.2. The molecule has 1 heterocycles. The Kier molecular flexibility index (Phi) is 3.17. The van der Waals surface area contributed by atoms with Gasteiger partial charge in [-0.25, -0.2) is 13.6 Å². The average Bonchev–Trinajstić information content (AvgIpc) is 2.64. The van der Waals surface area contributed by atoms with Gasteiger partial charge in [0, 0.05) is 10.1 Å². The molecule has 0 spiro atoms. The summed E-state index contributed by atoms with van der Waals surface area (Å²) in [4.78, 5) is 0.0824. The zero-order valence-corrected chi connectivity index (χ0v) is 12.5. The second-order valence-electron chi connectivity index (χ2n) is 5.38. The van der Waals surface area contributed by atoms with Crippen LogP contribution >= 0.6 is 11.3 Å². The molecule has 0 unspecified atom stereocenters. The monoisotopic (exact) mass is 294 g/mol. The first-order chi connectivity index (χ1) is 8.64. The van der Waals surface area contributed by atoms with E-state index in [4.69, 9.17) is 10.4 Å². The van der Waals surface area contributed by atoms with E-state index in [1.54, 1.807) is 6.07 Å². The maximum Gasteiger partial charge on any atom is 0.240 e. The lowest BCUT2D eigenvalue weighted by molar-refractivity contribution is 0.591. The van der Waals surface area contributed by atoms with Gasteiger partial charge in [-0.2, -0.15) is 5.26 Å². The number of thiophene rings is 1. The minimum Gasteiger partial charge on any atom is -0.225 e. The fourth-order valence-corrected chi connectivity index (χ4v) is 4.16. The van der Waals surface area contributed by atoms with Crippen LogP contribution in [0.3, 0.4) is 0 Å². The van der Waals surface area contributed by atoms with E-state index in [9.17, 15) is 8.42 Å². The minimum atomic E-state index is -3.89. The first-order valence-electron chi connectivity index (χ1n) is 5.64. The van der Waals surface area contributed by atoms with E-state index >= 15 is 0 Å². The highest BCUT2D eigenvalue weighted by Gasteiger charge is 2.23. The summed E-state index contributed by atoms with van der Waals surface area (Å²) >= 11 is 1.16. The SMILES string of the molecule is CC(C)(C)c1ccc2c(S(N)(=O)=O)c(C#N)sc2c1. The number of sulfonamides is 1. The minimum absolute atomic E-state index is 0.0350. The molecule has 4 nitrogen and oxygen atoms in total. The fourth-order valence-electron chi connectivity index (χ4n) is 1.90. The zero-order valence-electron chi connectivity index (χ0n) is 10.9. The molecule has 2 rings (SSSR count). The van der Waals surface area contributed by atoms with Gasteiger partial charge < -0.3 is 0 Å². The molecule has 0 atom stereocenters. The Labute approximate surface area is 116 Å². The molecule has 19 heavy (non-hydrogen) atoms. The van der Waals surface area contributed by atoms with Crippen molar-refractivity contribution in [1.82, 2.24) is 0 Å². The molecule has 0 aliphatic carbocycles. The first kappa shape index (κ1) is 14.0. The Morgan fingerprint density at radius 3 is 2.42 bits per heavy atom. The van der Waals surface area contributed by atoms with Crippen molar-refractivity contribution in [2.24, 2.45) is 5.14 Å². The molecule has 0 saturated heterocycles. The van der Waals surface area contributed by atoms with E-state index in [2.05, 4.69) is 20.8 Å². The molecule has 6 heteroatoms. The van der Waals surface area contributed by atoms with Crippen molar-refractivity contribution in [3.63, 3.8) is 0 Å². The number of nitriles is 1. The highest BCUT2D eigenvalue weighted by Crippen LogP contribution is 2.36. The molecular formula is C13H14N2O2S2. The topological polar surface area (TPSA) is 84.0 Å². The summed E-state index contributed by atoms with van der Waals surface area (Å²) in [5.74, 6) is 0. The van der Waals surface area contributed by atoms with Crippen LogP contribution in [-0.2, 0) is 15.4 Å². The summed E-state index contributed by atoms with van der Waals surface area (Å²) in [5.41, 5.74) is 1.05. The molecule has 1 aromatic heterocycles. The summed E-state index contributed by atoms with van der Waals surface area (Å²) in [6, 6.07) is 7.44. The number of hydrogen-bond donors (Lipinski definition) is 1. The predicted octanol–water partition coefficient (Wildman–Crippen LogP) is 2.72. The Hall–Kier alpha value is -1.42. The third-order valence-electron chi connectivity index (χ3n) is 2.90. The number of primary sulfonamides is 1. The van der Waals surface area contributed by atoms with Gasteiger partial charge in [-0.1, -0.05) is 32.9 Å². The summed E-state index contributed by atoms with van der Waals surface area (Å²) in [6.07, 6.45) is 0. The Balaban J connectivity index is 2.84. The molecule has 0 saturated carbocycles. The smallest absolute Gasteiger partial charge is 0.225 e. The second-order valence-corrected chi connectivity index (χ2v) is 7.93. The van der Waals surface area contributed by atoms with Gasteiger partial charge in [0.15, 0.2) is 0 Å². The van der Waals surface area contributed by atoms with Gasteiger partial charge in [-0.3, -0.25) is 0 Å². The van der Waals surface area contributed by atoms with Gasteiger partial charge in [0.05, 0.1) is 0 Å². The van der Waals surface area contributed by atoms with E-state index in [1.807, 2.05) is 18.2 Å². The normalized spacial score (nSPS) is 12.6. The van der Waals surface area contributed by atoms with Crippen LogP contribution < -0.4 is 5.14 Å². The van der Waals surface area contributed by atoms with Crippen LogP contribution in [-0.4, -0.2) is 8.42 Å².